The number of primary amides is 1. The molecule has 27 heavy (non-hydrogen) atoms. The number of aliphatic imine (C=N–C) groups is 1. The first-order chi connectivity index (χ1) is 12.9. The summed E-state index contributed by atoms with van der Waals surface area (Å²) >= 11 is 0. The van der Waals surface area contributed by atoms with Crippen molar-refractivity contribution in [2.45, 2.75) is 6.04 Å². The van der Waals surface area contributed by atoms with Crippen molar-refractivity contribution in [1.29, 1.82) is 10.5 Å². The molecule has 0 radical (unpaired) electrons. The highest BCUT2D eigenvalue weighted by Gasteiger charge is 2.30. The van der Waals surface area contributed by atoms with Crippen LogP contribution in [0.15, 0.2) is 23.2 Å². The fourth-order valence-corrected chi connectivity index (χ4v) is 2.74. The van der Waals surface area contributed by atoms with Crippen LogP contribution in [0.5, 0.6) is 5.75 Å². The molecule has 134 valence electrons. The van der Waals surface area contributed by atoms with Crippen LogP contribution < -0.4 is 27.8 Å². The number of nitrogen functional groups attached to an aromatic ring is 2. The Labute approximate surface area is 152 Å². The zero-order valence-corrected chi connectivity index (χ0v) is 13.7. The molecule has 2 aromatic rings. The zero-order valence-electron chi connectivity index (χ0n) is 13.7. The number of anilines is 3. The summed E-state index contributed by atoms with van der Waals surface area (Å²) in [6.45, 7) is 0. The SMILES string of the molecule is N#CNC1=NC(c2ccc(O)c(C(N)=O)c2)c2c(nc(N)c(C#N)c2N)N1. The molecule has 1 aliphatic heterocycles. The lowest BCUT2D eigenvalue weighted by Gasteiger charge is -2.26. The van der Waals surface area contributed by atoms with E-state index in [1.807, 2.05) is 6.07 Å². The molecule has 9 N–H and O–H groups in total. The van der Waals surface area contributed by atoms with E-state index in [1.165, 1.54) is 18.2 Å². The average molecular weight is 363 g/mol. The Hall–Kier alpha value is -4.51. The molecule has 0 bridgehead atoms. The highest BCUT2D eigenvalue weighted by molar-refractivity contribution is 5.99. The minimum Gasteiger partial charge on any atom is -0.507 e. The number of phenols is 1. The molecule has 3 rings (SSSR count). The second-order valence-corrected chi connectivity index (χ2v) is 5.54. The number of nitriles is 2. The van der Waals surface area contributed by atoms with Crippen LogP contribution in [-0.4, -0.2) is 22.0 Å². The number of nitrogens with two attached hydrogens (primary N) is 3. The van der Waals surface area contributed by atoms with Crippen molar-refractivity contribution in [2.24, 2.45) is 10.7 Å². The second-order valence-electron chi connectivity index (χ2n) is 5.54. The van der Waals surface area contributed by atoms with E-state index in [4.69, 9.17) is 22.5 Å². The standard InChI is InChI=1S/C16H13N9O2/c17-4-8-11(19)10-12(6-1-2-9(26)7(3-6)14(21)27)23-16(22-5-18)25-15(10)24-13(8)20/h1-3,12,26H,(H2,21,27)(H6,19,20,22,23,24,25). The molecular weight excluding hydrogens is 350 g/mol. The van der Waals surface area contributed by atoms with E-state index in [0.29, 0.717) is 11.1 Å². The molecule has 2 heterocycles. The van der Waals surface area contributed by atoms with E-state index in [9.17, 15) is 15.2 Å². The number of aromatic hydroxyl groups is 1. The number of carbonyl (C=O) groups is 1. The molecule has 11 nitrogen and oxygen atoms in total. The zero-order chi connectivity index (χ0) is 19.7. The van der Waals surface area contributed by atoms with Gasteiger partial charge in [0.25, 0.3) is 5.91 Å². The number of aromatic nitrogens is 1. The second kappa shape index (κ2) is 6.42. The number of benzene rings is 1. The van der Waals surface area contributed by atoms with E-state index >= 15 is 0 Å². The van der Waals surface area contributed by atoms with Gasteiger partial charge in [0.15, 0.2) is 6.19 Å². The van der Waals surface area contributed by atoms with Gasteiger partial charge in [-0.2, -0.15) is 10.5 Å². The lowest BCUT2D eigenvalue weighted by atomic mass is 9.93. The quantitative estimate of drug-likeness (QED) is 0.309. The van der Waals surface area contributed by atoms with Gasteiger partial charge in [-0.25, -0.2) is 9.98 Å². The molecule has 1 atom stereocenters. The van der Waals surface area contributed by atoms with Gasteiger partial charge in [-0.1, -0.05) is 6.07 Å². The maximum atomic E-state index is 11.5. The third kappa shape index (κ3) is 2.85. The lowest BCUT2D eigenvalue weighted by Crippen LogP contribution is -2.32. The molecule has 1 aromatic heterocycles. The van der Waals surface area contributed by atoms with Crippen molar-refractivity contribution in [3.05, 3.63) is 40.5 Å². The average Bonchev–Trinajstić information content (AvgIpc) is 2.61. The highest BCUT2D eigenvalue weighted by Crippen LogP contribution is 2.41. The Morgan fingerprint density at radius 2 is 2.07 bits per heavy atom. The maximum Gasteiger partial charge on any atom is 0.252 e. The van der Waals surface area contributed by atoms with E-state index in [-0.39, 0.29) is 40.2 Å². The fraction of sp³-hybridized carbons (Fsp3) is 0.0625. The van der Waals surface area contributed by atoms with Gasteiger partial charge in [0, 0.05) is 5.56 Å². The topological polar surface area (TPSA) is 212 Å². The van der Waals surface area contributed by atoms with E-state index in [1.54, 1.807) is 6.19 Å². The van der Waals surface area contributed by atoms with Gasteiger partial charge in [-0.3, -0.25) is 10.1 Å². The summed E-state index contributed by atoms with van der Waals surface area (Å²) in [6.07, 6.45) is 1.73. The molecule has 11 heteroatoms. The smallest absolute Gasteiger partial charge is 0.252 e. The Kier molecular flexibility index (Phi) is 4.12. The number of amides is 1. The summed E-state index contributed by atoms with van der Waals surface area (Å²) in [5, 5.41) is 33.1. The maximum absolute atomic E-state index is 11.5. The summed E-state index contributed by atoms with van der Waals surface area (Å²) in [4.78, 5) is 20.0. The van der Waals surface area contributed by atoms with Gasteiger partial charge < -0.3 is 27.6 Å². The largest absolute Gasteiger partial charge is 0.507 e. The van der Waals surface area contributed by atoms with Crippen LogP contribution in [0.2, 0.25) is 0 Å². The molecule has 0 saturated carbocycles. The summed E-state index contributed by atoms with van der Waals surface area (Å²) in [6, 6.07) is 5.21. The van der Waals surface area contributed by atoms with Gasteiger partial charge in [0.1, 0.15) is 35.1 Å². The van der Waals surface area contributed by atoms with Crippen LogP contribution in [0.3, 0.4) is 0 Å². The predicted octanol–water partition coefficient (Wildman–Crippen LogP) is -0.136. The number of hydrogen-bond acceptors (Lipinski definition) is 10. The minimum atomic E-state index is -0.837. The number of nitrogens with zero attached hydrogens (tertiary/aromatic N) is 4. The summed E-state index contributed by atoms with van der Waals surface area (Å²) in [7, 11) is 0. The Morgan fingerprint density at radius 1 is 1.33 bits per heavy atom. The third-order valence-electron chi connectivity index (χ3n) is 3.96. The van der Waals surface area contributed by atoms with E-state index < -0.39 is 11.9 Å². The van der Waals surface area contributed by atoms with Crippen molar-refractivity contribution >= 4 is 29.2 Å². The summed E-state index contributed by atoms with van der Waals surface area (Å²) in [5.74, 6) is -0.929. The van der Waals surface area contributed by atoms with Crippen LogP contribution in [-0.2, 0) is 0 Å². The number of pyridine rings is 1. The number of hydrogen-bond donors (Lipinski definition) is 6. The van der Waals surface area contributed by atoms with Crippen molar-refractivity contribution in [1.82, 2.24) is 10.3 Å². The first-order valence-corrected chi connectivity index (χ1v) is 7.49. The lowest BCUT2D eigenvalue weighted by molar-refractivity contribution is 0.0997. The van der Waals surface area contributed by atoms with Crippen molar-refractivity contribution in [2.75, 3.05) is 16.8 Å². The van der Waals surface area contributed by atoms with Crippen LogP contribution in [0.1, 0.15) is 33.1 Å². The molecular formula is C16H13N9O2. The highest BCUT2D eigenvalue weighted by atomic mass is 16.3. The molecule has 0 saturated heterocycles. The Bertz CT molecular complexity index is 1080. The molecule has 0 aliphatic carbocycles. The molecule has 1 aromatic carbocycles. The van der Waals surface area contributed by atoms with Crippen molar-refractivity contribution in [3.8, 4) is 18.0 Å². The van der Waals surface area contributed by atoms with Gasteiger partial charge in [0.2, 0.25) is 5.96 Å². The third-order valence-corrected chi connectivity index (χ3v) is 3.96. The molecule has 0 fully saturated rings. The van der Waals surface area contributed by atoms with Gasteiger partial charge >= 0.3 is 0 Å². The van der Waals surface area contributed by atoms with Gasteiger partial charge in [0.05, 0.1) is 11.3 Å². The number of guanidine groups is 1. The van der Waals surface area contributed by atoms with Crippen LogP contribution in [0, 0.1) is 22.8 Å². The monoisotopic (exact) mass is 363 g/mol. The molecule has 1 amide bonds. The van der Waals surface area contributed by atoms with Crippen LogP contribution >= 0.6 is 0 Å². The number of nitrogens with one attached hydrogen (secondary N) is 2. The summed E-state index contributed by atoms with van der Waals surface area (Å²) in [5.41, 5.74) is 17.9. The fourth-order valence-electron chi connectivity index (χ4n) is 2.74. The first-order valence-electron chi connectivity index (χ1n) is 7.49. The number of carbonyl (C=O) groups excluding carboxylic acids is 1. The van der Waals surface area contributed by atoms with Crippen molar-refractivity contribution < 1.29 is 9.90 Å². The Morgan fingerprint density at radius 3 is 2.70 bits per heavy atom. The van der Waals surface area contributed by atoms with Gasteiger partial charge in [-0.15, -0.1) is 0 Å². The number of rotatable bonds is 2. The number of fused-ring (bicyclic) bond motifs is 1. The van der Waals surface area contributed by atoms with Crippen LogP contribution in [0.25, 0.3) is 0 Å². The Balaban J connectivity index is 2.27. The van der Waals surface area contributed by atoms with Crippen LogP contribution in [0.4, 0.5) is 17.3 Å². The molecule has 0 spiro atoms. The first kappa shape index (κ1) is 17.3. The molecule has 1 unspecified atom stereocenters. The summed E-state index contributed by atoms with van der Waals surface area (Å²) < 4.78 is 0. The van der Waals surface area contributed by atoms with Gasteiger partial charge in [-0.05, 0) is 17.7 Å². The van der Waals surface area contributed by atoms with Crippen molar-refractivity contribution in [3.63, 3.8) is 0 Å². The van der Waals surface area contributed by atoms with E-state index in [2.05, 4.69) is 20.6 Å². The predicted molar refractivity (Wildman–Crippen MR) is 96.1 cm³/mol. The van der Waals surface area contributed by atoms with E-state index in [0.717, 1.165) is 0 Å². The minimum absolute atomic E-state index is 0.0126. The molecule has 1 aliphatic rings. The normalized spacial score (nSPS) is 14.7.